The average molecular weight is 495 g/mol. The number of amides is 1. The van der Waals surface area contributed by atoms with Gasteiger partial charge in [0.05, 0.1) is 12.3 Å². The maximum Gasteiger partial charge on any atom is 0.573 e. The summed E-state index contributed by atoms with van der Waals surface area (Å²) in [5.74, 6) is -2.99. The van der Waals surface area contributed by atoms with Gasteiger partial charge in [0.15, 0.2) is 0 Å². The van der Waals surface area contributed by atoms with Gasteiger partial charge in [0.1, 0.15) is 11.3 Å². The van der Waals surface area contributed by atoms with Crippen molar-refractivity contribution in [2.24, 2.45) is 0 Å². The maximum absolute atomic E-state index is 12.9. The summed E-state index contributed by atoms with van der Waals surface area (Å²) in [6, 6.07) is 20.9. The SMILES string of the molecule is CCOC(=O)C1=C(c2ccc(Cc3ccc(OC(F)(F)F)cc3)cc2)N(c2ccccc2)C(=O)C1=O. The lowest BCUT2D eigenvalue weighted by Crippen LogP contribution is -2.28. The Labute approximate surface area is 204 Å². The zero-order valence-electron chi connectivity index (χ0n) is 19.0. The number of ketones is 1. The number of hydrogen-bond donors (Lipinski definition) is 0. The van der Waals surface area contributed by atoms with Gasteiger partial charge in [-0.25, -0.2) is 4.79 Å². The van der Waals surface area contributed by atoms with Crippen molar-refractivity contribution in [3.05, 3.63) is 101 Å². The number of ether oxygens (including phenoxy) is 2. The zero-order valence-corrected chi connectivity index (χ0v) is 19.0. The Morgan fingerprint density at radius 1 is 0.861 bits per heavy atom. The molecular formula is C27H20F3NO5. The van der Waals surface area contributed by atoms with Gasteiger partial charge >= 0.3 is 18.2 Å². The molecule has 0 unspecified atom stereocenters. The van der Waals surface area contributed by atoms with Gasteiger partial charge in [-0.3, -0.25) is 14.5 Å². The molecule has 0 spiro atoms. The molecule has 0 atom stereocenters. The second-order valence-corrected chi connectivity index (χ2v) is 7.81. The fourth-order valence-electron chi connectivity index (χ4n) is 3.84. The first-order valence-corrected chi connectivity index (χ1v) is 11.0. The van der Waals surface area contributed by atoms with E-state index < -0.39 is 24.0 Å². The van der Waals surface area contributed by atoms with Crippen molar-refractivity contribution in [1.29, 1.82) is 0 Å². The molecule has 0 N–H and O–H groups in total. The van der Waals surface area contributed by atoms with Crippen LogP contribution in [0, 0.1) is 0 Å². The summed E-state index contributed by atoms with van der Waals surface area (Å²) in [6.07, 6.45) is -4.35. The lowest BCUT2D eigenvalue weighted by atomic mass is 10.0. The number of esters is 1. The Bertz CT molecular complexity index is 1310. The molecular weight excluding hydrogens is 475 g/mol. The molecule has 1 aliphatic heterocycles. The van der Waals surface area contributed by atoms with Gasteiger partial charge in [-0.15, -0.1) is 13.2 Å². The van der Waals surface area contributed by atoms with Crippen molar-refractivity contribution in [2.45, 2.75) is 19.7 Å². The first-order chi connectivity index (χ1) is 17.2. The van der Waals surface area contributed by atoms with E-state index in [4.69, 9.17) is 4.74 Å². The number of carbonyl (C=O) groups excluding carboxylic acids is 3. The molecule has 1 amide bonds. The summed E-state index contributed by atoms with van der Waals surface area (Å²) in [4.78, 5) is 39.5. The number of halogens is 3. The largest absolute Gasteiger partial charge is 0.573 e. The van der Waals surface area contributed by atoms with Crippen molar-refractivity contribution in [2.75, 3.05) is 11.5 Å². The molecule has 184 valence electrons. The number of Topliss-reactive ketones (excluding diaryl/α,β-unsaturated/α-hetero) is 1. The molecule has 36 heavy (non-hydrogen) atoms. The highest BCUT2D eigenvalue weighted by Gasteiger charge is 2.44. The molecule has 9 heteroatoms. The first kappa shape index (κ1) is 24.7. The summed E-state index contributed by atoms with van der Waals surface area (Å²) in [5.41, 5.74) is 2.26. The predicted molar refractivity (Wildman–Crippen MR) is 125 cm³/mol. The number of para-hydroxylation sites is 1. The molecule has 0 fully saturated rings. The van der Waals surface area contributed by atoms with Crippen LogP contribution < -0.4 is 9.64 Å². The highest BCUT2D eigenvalue weighted by atomic mass is 19.4. The third kappa shape index (κ3) is 5.30. The fraction of sp³-hybridized carbons (Fsp3) is 0.148. The Morgan fingerprint density at radius 3 is 2.00 bits per heavy atom. The molecule has 1 heterocycles. The van der Waals surface area contributed by atoms with E-state index >= 15 is 0 Å². The van der Waals surface area contributed by atoms with Crippen molar-refractivity contribution in [3.8, 4) is 5.75 Å². The van der Waals surface area contributed by atoms with Crippen LogP contribution in [-0.4, -0.2) is 30.6 Å². The Kier molecular flexibility index (Phi) is 6.91. The van der Waals surface area contributed by atoms with Crippen LogP contribution in [0.5, 0.6) is 5.75 Å². The molecule has 1 aliphatic rings. The predicted octanol–water partition coefficient (Wildman–Crippen LogP) is 5.07. The summed E-state index contributed by atoms with van der Waals surface area (Å²) in [6.45, 7) is 1.64. The average Bonchev–Trinajstić information content (AvgIpc) is 3.11. The number of nitrogens with zero attached hydrogens (tertiary/aromatic N) is 1. The Hall–Kier alpha value is -4.40. The number of hydrogen-bond acceptors (Lipinski definition) is 5. The van der Waals surface area contributed by atoms with Crippen molar-refractivity contribution in [3.63, 3.8) is 0 Å². The van der Waals surface area contributed by atoms with Crippen LogP contribution >= 0.6 is 0 Å². The Morgan fingerprint density at radius 2 is 1.44 bits per heavy atom. The van der Waals surface area contributed by atoms with Gasteiger partial charge in [-0.2, -0.15) is 0 Å². The molecule has 3 aromatic rings. The minimum atomic E-state index is -4.76. The quantitative estimate of drug-likeness (QED) is 0.260. The second-order valence-electron chi connectivity index (χ2n) is 7.81. The highest BCUT2D eigenvalue weighted by Crippen LogP contribution is 2.36. The molecule has 0 bridgehead atoms. The summed E-state index contributed by atoms with van der Waals surface area (Å²) in [7, 11) is 0. The van der Waals surface area contributed by atoms with E-state index in [2.05, 4.69) is 4.74 Å². The van der Waals surface area contributed by atoms with E-state index in [0.717, 1.165) is 11.1 Å². The highest BCUT2D eigenvalue weighted by molar-refractivity contribution is 6.59. The molecule has 6 nitrogen and oxygen atoms in total. The van der Waals surface area contributed by atoms with Crippen molar-refractivity contribution < 1.29 is 37.0 Å². The molecule has 0 aromatic heterocycles. The first-order valence-electron chi connectivity index (χ1n) is 11.0. The number of benzene rings is 3. The zero-order chi connectivity index (χ0) is 25.9. The van der Waals surface area contributed by atoms with Gasteiger partial charge in [0.2, 0.25) is 0 Å². The summed E-state index contributed by atoms with van der Waals surface area (Å²) in [5, 5.41) is 0. The van der Waals surface area contributed by atoms with Gasteiger partial charge in [0, 0.05) is 5.69 Å². The monoisotopic (exact) mass is 495 g/mol. The van der Waals surface area contributed by atoms with Gasteiger partial charge in [-0.05, 0) is 54.3 Å². The van der Waals surface area contributed by atoms with Crippen LogP contribution in [0.3, 0.4) is 0 Å². The van der Waals surface area contributed by atoms with Crippen LogP contribution in [-0.2, 0) is 25.5 Å². The van der Waals surface area contributed by atoms with E-state index in [-0.39, 0.29) is 23.6 Å². The van der Waals surface area contributed by atoms with E-state index in [9.17, 15) is 27.6 Å². The van der Waals surface area contributed by atoms with Crippen LogP contribution in [0.1, 0.15) is 23.6 Å². The fourth-order valence-corrected chi connectivity index (χ4v) is 3.84. The van der Waals surface area contributed by atoms with Gasteiger partial charge in [0.25, 0.3) is 5.78 Å². The molecule has 4 rings (SSSR count). The number of anilines is 1. The van der Waals surface area contributed by atoms with E-state index in [0.29, 0.717) is 17.7 Å². The van der Waals surface area contributed by atoms with Crippen molar-refractivity contribution >= 4 is 29.0 Å². The topological polar surface area (TPSA) is 72.9 Å². The minimum absolute atomic E-state index is 0.0359. The van der Waals surface area contributed by atoms with Gasteiger partial charge < -0.3 is 9.47 Å². The molecule has 0 saturated carbocycles. The number of alkyl halides is 3. The van der Waals surface area contributed by atoms with Crippen LogP contribution in [0.2, 0.25) is 0 Å². The second kappa shape index (κ2) is 10.1. The van der Waals surface area contributed by atoms with Crippen LogP contribution in [0.15, 0.2) is 84.4 Å². The van der Waals surface area contributed by atoms with Crippen LogP contribution in [0.4, 0.5) is 18.9 Å². The number of carbonyl (C=O) groups is 3. The molecule has 3 aromatic carbocycles. The maximum atomic E-state index is 12.9. The molecule has 0 radical (unpaired) electrons. The normalized spacial score (nSPS) is 13.8. The molecule has 0 aliphatic carbocycles. The summed E-state index contributed by atoms with van der Waals surface area (Å²) >= 11 is 0. The van der Waals surface area contributed by atoms with E-state index in [1.54, 1.807) is 61.5 Å². The number of rotatable bonds is 7. The van der Waals surface area contributed by atoms with Crippen LogP contribution in [0.25, 0.3) is 5.70 Å². The van der Waals surface area contributed by atoms with Gasteiger partial charge in [-0.1, -0.05) is 54.6 Å². The molecule has 0 saturated heterocycles. The third-order valence-electron chi connectivity index (χ3n) is 5.37. The van der Waals surface area contributed by atoms with E-state index in [1.165, 1.54) is 29.2 Å². The Balaban J connectivity index is 1.65. The minimum Gasteiger partial charge on any atom is -0.462 e. The smallest absolute Gasteiger partial charge is 0.462 e. The lowest BCUT2D eigenvalue weighted by molar-refractivity contribution is -0.274. The third-order valence-corrected chi connectivity index (χ3v) is 5.37. The summed E-state index contributed by atoms with van der Waals surface area (Å²) < 4.78 is 46.0. The van der Waals surface area contributed by atoms with E-state index in [1.807, 2.05) is 0 Å². The van der Waals surface area contributed by atoms with Crippen molar-refractivity contribution in [1.82, 2.24) is 0 Å². The standard InChI is InChI=1S/C27H20F3NO5/c1-2-35-26(34)22-23(31(25(33)24(22)32)20-6-4-3-5-7-20)19-12-8-17(9-13-19)16-18-10-14-21(15-11-18)36-27(28,29)30/h3-15H,2,16H2,1H3. The lowest BCUT2D eigenvalue weighted by Gasteiger charge is -2.20.